The Morgan fingerprint density at radius 2 is 1.83 bits per heavy atom. The van der Waals surface area contributed by atoms with Gasteiger partial charge in [0.1, 0.15) is 5.75 Å². The zero-order valence-electron chi connectivity index (χ0n) is 20.8. The highest BCUT2D eigenvalue weighted by molar-refractivity contribution is 5.95. The molecule has 2 heterocycles. The van der Waals surface area contributed by atoms with Crippen molar-refractivity contribution in [2.45, 2.75) is 19.9 Å². The molecule has 4 aromatic rings. The third kappa shape index (κ3) is 6.58. The Hall–Kier alpha value is -3.97. The van der Waals surface area contributed by atoms with Crippen molar-refractivity contribution >= 4 is 16.8 Å². The van der Waals surface area contributed by atoms with Gasteiger partial charge in [-0.2, -0.15) is 0 Å². The lowest BCUT2D eigenvalue weighted by atomic mass is 10.1. The predicted octanol–water partition coefficient (Wildman–Crippen LogP) is 3.94. The molecule has 0 spiro atoms. The molecule has 0 saturated carbocycles. The minimum absolute atomic E-state index is 0.0273. The quantitative estimate of drug-likeness (QED) is 0.326. The average molecular weight is 485 g/mol. The van der Waals surface area contributed by atoms with E-state index in [-0.39, 0.29) is 11.5 Å². The Bertz CT molecular complexity index is 1370. The van der Waals surface area contributed by atoms with Crippen molar-refractivity contribution in [1.82, 2.24) is 19.8 Å². The number of aromatic nitrogens is 2. The lowest BCUT2D eigenvalue weighted by Crippen LogP contribution is -2.35. The first-order valence-electron chi connectivity index (χ1n) is 12.2. The maximum absolute atomic E-state index is 12.6. The number of nitrogens with zero attached hydrogens (tertiary/aromatic N) is 3. The van der Waals surface area contributed by atoms with Crippen LogP contribution >= 0.6 is 0 Å². The van der Waals surface area contributed by atoms with E-state index in [0.29, 0.717) is 18.7 Å². The molecule has 1 amide bonds. The summed E-state index contributed by atoms with van der Waals surface area (Å²) < 4.78 is 7.64. The lowest BCUT2D eigenvalue weighted by molar-refractivity contribution is 0.0946. The van der Waals surface area contributed by atoms with E-state index in [1.807, 2.05) is 67.6 Å². The third-order valence-corrected chi connectivity index (χ3v) is 6.24. The van der Waals surface area contributed by atoms with E-state index in [1.54, 1.807) is 30.1 Å². The van der Waals surface area contributed by atoms with Gasteiger partial charge in [0.25, 0.3) is 11.5 Å². The van der Waals surface area contributed by atoms with Gasteiger partial charge in [-0.15, -0.1) is 0 Å². The number of nitrogens with one attached hydrogen (secondary N) is 1. The number of fused-ring (bicyclic) bond motifs is 1. The van der Waals surface area contributed by atoms with Crippen molar-refractivity contribution in [2.75, 3.05) is 26.2 Å². The minimum atomic E-state index is -0.0471. The van der Waals surface area contributed by atoms with Gasteiger partial charge >= 0.3 is 0 Å². The van der Waals surface area contributed by atoms with Crippen LogP contribution in [0.4, 0.5) is 0 Å². The number of hydrogen-bond acceptors (Lipinski definition) is 5. The SMILES string of the molecule is Cc1ccccc1C(=O)NCCN(CCCOc1ccc2c(ccc(=O)n2C)c1)Cc1ccncc1. The first-order chi connectivity index (χ1) is 17.5. The second-order valence-corrected chi connectivity index (χ2v) is 8.86. The molecule has 0 atom stereocenters. The van der Waals surface area contributed by atoms with Crippen LogP contribution in [0.15, 0.2) is 83.9 Å². The van der Waals surface area contributed by atoms with Crippen LogP contribution in [0.1, 0.15) is 27.9 Å². The number of carbonyl (C=O) groups excluding carboxylic acids is 1. The second kappa shape index (κ2) is 12.1. The maximum Gasteiger partial charge on any atom is 0.251 e. The molecule has 36 heavy (non-hydrogen) atoms. The van der Waals surface area contributed by atoms with Gasteiger partial charge in [0.15, 0.2) is 0 Å². The van der Waals surface area contributed by atoms with E-state index in [4.69, 9.17) is 4.74 Å². The monoisotopic (exact) mass is 484 g/mol. The van der Waals surface area contributed by atoms with Crippen molar-refractivity contribution in [3.05, 3.63) is 106 Å². The van der Waals surface area contributed by atoms with Gasteiger partial charge in [-0.1, -0.05) is 18.2 Å². The van der Waals surface area contributed by atoms with Crippen LogP contribution < -0.4 is 15.6 Å². The fourth-order valence-electron chi connectivity index (χ4n) is 4.20. The van der Waals surface area contributed by atoms with Crippen molar-refractivity contribution in [3.8, 4) is 5.75 Å². The smallest absolute Gasteiger partial charge is 0.251 e. The molecule has 1 N–H and O–H groups in total. The van der Waals surface area contributed by atoms with E-state index in [2.05, 4.69) is 15.2 Å². The highest BCUT2D eigenvalue weighted by Gasteiger charge is 2.10. The first-order valence-corrected chi connectivity index (χ1v) is 12.2. The lowest BCUT2D eigenvalue weighted by Gasteiger charge is -2.23. The summed E-state index contributed by atoms with van der Waals surface area (Å²) >= 11 is 0. The van der Waals surface area contributed by atoms with Crippen LogP contribution in [-0.4, -0.2) is 46.6 Å². The predicted molar refractivity (Wildman–Crippen MR) is 142 cm³/mol. The van der Waals surface area contributed by atoms with Crippen LogP contribution in [0.2, 0.25) is 0 Å². The molecule has 0 aliphatic heterocycles. The summed E-state index contributed by atoms with van der Waals surface area (Å²) in [4.78, 5) is 30.8. The number of rotatable bonds is 11. The summed E-state index contributed by atoms with van der Waals surface area (Å²) in [7, 11) is 1.77. The van der Waals surface area contributed by atoms with Crippen molar-refractivity contribution in [2.24, 2.45) is 7.05 Å². The van der Waals surface area contributed by atoms with E-state index < -0.39 is 0 Å². The van der Waals surface area contributed by atoms with Gasteiger partial charge in [-0.3, -0.25) is 19.5 Å². The van der Waals surface area contributed by atoms with Gasteiger partial charge in [-0.25, -0.2) is 0 Å². The van der Waals surface area contributed by atoms with Gasteiger partial charge in [0.2, 0.25) is 0 Å². The number of hydrogen-bond donors (Lipinski definition) is 1. The molecule has 0 fully saturated rings. The van der Waals surface area contributed by atoms with Crippen molar-refractivity contribution < 1.29 is 9.53 Å². The summed E-state index contributed by atoms with van der Waals surface area (Å²) in [6.07, 6.45) is 4.43. The van der Waals surface area contributed by atoms with Crippen LogP contribution in [0.5, 0.6) is 5.75 Å². The van der Waals surface area contributed by atoms with Gasteiger partial charge in [0, 0.05) is 62.6 Å². The number of benzene rings is 2. The third-order valence-electron chi connectivity index (χ3n) is 6.24. The van der Waals surface area contributed by atoms with Crippen LogP contribution in [0, 0.1) is 6.92 Å². The molecule has 0 unspecified atom stereocenters. The molecule has 4 rings (SSSR count). The normalized spacial score (nSPS) is 11.1. The maximum atomic E-state index is 12.6. The fraction of sp³-hybridized carbons (Fsp3) is 0.276. The largest absolute Gasteiger partial charge is 0.494 e. The molecule has 0 aliphatic carbocycles. The second-order valence-electron chi connectivity index (χ2n) is 8.86. The summed E-state index contributed by atoms with van der Waals surface area (Å²) in [5.41, 5.74) is 3.71. The Labute approximate surface area is 211 Å². The van der Waals surface area contributed by atoms with E-state index in [0.717, 1.165) is 48.3 Å². The van der Waals surface area contributed by atoms with Gasteiger partial charge in [0.05, 0.1) is 12.1 Å². The molecule has 0 bridgehead atoms. The summed E-state index contributed by atoms with van der Waals surface area (Å²) in [5.74, 6) is 0.737. The zero-order valence-corrected chi connectivity index (χ0v) is 20.8. The molecule has 2 aromatic heterocycles. The van der Waals surface area contributed by atoms with Crippen molar-refractivity contribution in [1.29, 1.82) is 0 Å². The standard InChI is InChI=1S/C29H32N4O3/c1-22-6-3-4-7-26(22)29(35)31-16-18-33(21-23-12-14-30-15-13-23)17-5-19-36-25-9-10-27-24(20-25)8-11-28(34)32(27)2/h3-4,6-15,20H,5,16-19,21H2,1-2H3,(H,31,35). The average Bonchev–Trinajstić information content (AvgIpc) is 2.89. The molecular formula is C29H32N4O3. The van der Waals surface area contributed by atoms with Gasteiger partial charge < -0.3 is 14.6 Å². The molecule has 7 nitrogen and oxygen atoms in total. The van der Waals surface area contributed by atoms with Crippen LogP contribution in [0.25, 0.3) is 10.9 Å². The Morgan fingerprint density at radius 3 is 2.64 bits per heavy atom. The minimum Gasteiger partial charge on any atom is -0.494 e. The number of amides is 1. The summed E-state index contributed by atoms with van der Waals surface area (Å²) in [5, 5.41) is 4.02. The first kappa shape index (κ1) is 25.1. The molecule has 2 aromatic carbocycles. The van der Waals surface area contributed by atoms with E-state index in [1.165, 1.54) is 5.56 Å². The topological polar surface area (TPSA) is 76.5 Å². The van der Waals surface area contributed by atoms with Crippen molar-refractivity contribution in [3.63, 3.8) is 0 Å². The highest BCUT2D eigenvalue weighted by Crippen LogP contribution is 2.19. The van der Waals surface area contributed by atoms with Crippen LogP contribution in [0.3, 0.4) is 0 Å². The molecular weight excluding hydrogens is 452 g/mol. The summed E-state index contributed by atoms with van der Waals surface area (Å²) in [6, 6.07) is 20.8. The molecule has 0 aliphatic rings. The van der Waals surface area contributed by atoms with Gasteiger partial charge in [-0.05, 0) is 66.9 Å². The Kier molecular flexibility index (Phi) is 8.47. The number of ether oxygens (including phenoxy) is 1. The summed E-state index contributed by atoms with van der Waals surface area (Å²) in [6.45, 7) is 5.39. The molecule has 7 heteroatoms. The Balaban J connectivity index is 1.31. The molecule has 186 valence electrons. The number of carbonyl (C=O) groups is 1. The van der Waals surface area contributed by atoms with E-state index in [9.17, 15) is 9.59 Å². The highest BCUT2D eigenvalue weighted by atomic mass is 16.5. The Morgan fingerprint density at radius 1 is 1.03 bits per heavy atom. The molecule has 0 radical (unpaired) electrons. The van der Waals surface area contributed by atoms with Crippen LogP contribution in [-0.2, 0) is 13.6 Å². The van der Waals surface area contributed by atoms with E-state index >= 15 is 0 Å². The fourth-order valence-corrected chi connectivity index (χ4v) is 4.20. The number of pyridine rings is 2. The number of aryl methyl sites for hydroxylation is 2. The zero-order chi connectivity index (χ0) is 25.3. The molecule has 0 saturated heterocycles.